The first-order valence-corrected chi connectivity index (χ1v) is 6.30. The average molecular weight is 214 g/mol. The van der Waals surface area contributed by atoms with Crippen LogP contribution in [0.5, 0.6) is 0 Å². The normalized spacial score (nSPS) is 10.8. The van der Waals surface area contributed by atoms with E-state index in [1.165, 1.54) is 5.75 Å². The van der Waals surface area contributed by atoms with Gasteiger partial charge in [-0.25, -0.2) is 0 Å². The van der Waals surface area contributed by atoms with E-state index in [-0.39, 0.29) is 0 Å². The minimum Gasteiger partial charge on any atom is -0.179 e. The van der Waals surface area contributed by atoms with E-state index in [1.807, 2.05) is 11.8 Å². The van der Waals surface area contributed by atoms with Crippen LogP contribution in [0.25, 0.3) is 0 Å². The van der Waals surface area contributed by atoms with Gasteiger partial charge >= 0.3 is 0 Å². The summed E-state index contributed by atoms with van der Waals surface area (Å²) in [5.41, 5.74) is 0. The van der Waals surface area contributed by atoms with Gasteiger partial charge in [-0.05, 0) is 28.9 Å². The maximum Gasteiger partial charge on any atom is 0.00211 e. The van der Waals surface area contributed by atoms with Crippen molar-refractivity contribution in [2.75, 3.05) is 28.8 Å². The number of thiol groups is 3. The zero-order valence-corrected chi connectivity index (χ0v) is 9.36. The van der Waals surface area contributed by atoms with Gasteiger partial charge in [-0.1, -0.05) is 0 Å². The SMILES string of the molecule is SCCSCC(CS)CS. The van der Waals surface area contributed by atoms with Crippen molar-refractivity contribution in [2.45, 2.75) is 0 Å². The number of hydrogen-bond acceptors (Lipinski definition) is 4. The van der Waals surface area contributed by atoms with Crippen LogP contribution >= 0.6 is 49.6 Å². The van der Waals surface area contributed by atoms with Gasteiger partial charge in [-0.15, -0.1) is 0 Å². The molecular formula is C6H14S4. The van der Waals surface area contributed by atoms with Crippen molar-refractivity contribution >= 4 is 49.6 Å². The molecule has 0 aromatic heterocycles. The second kappa shape index (κ2) is 8.50. The van der Waals surface area contributed by atoms with E-state index in [9.17, 15) is 0 Å². The maximum absolute atomic E-state index is 4.22. The predicted molar refractivity (Wildman–Crippen MR) is 62.4 cm³/mol. The summed E-state index contributed by atoms with van der Waals surface area (Å²) in [7, 11) is 0. The summed E-state index contributed by atoms with van der Waals surface area (Å²) in [6.45, 7) is 0. The van der Waals surface area contributed by atoms with Crippen LogP contribution in [0.1, 0.15) is 0 Å². The highest BCUT2D eigenvalue weighted by molar-refractivity contribution is 8.00. The van der Waals surface area contributed by atoms with Crippen LogP contribution in [0.4, 0.5) is 0 Å². The molecule has 0 aromatic carbocycles. The van der Waals surface area contributed by atoms with Gasteiger partial charge in [0.15, 0.2) is 0 Å². The molecule has 0 radical (unpaired) electrons. The minimum absolute atomic E-state index is 0.663. The Labute approximate surface area is 84.2 Å². The summed E-state index contributed by atoms with van der Waals surface area (Å²) in [6.07, 6.45) is 0. The molecule has 0 aliphatic rings. The van der Waals surface area contributed by atoms with Gasteiger partial charge in [0.1, 0.15) is 0 Å². The van der Waals surface area contributed by atoms with Crippen molar-refractivity contribution in [2.24, 2.45) is 5.92 Å². The molecule has 0 amide bonds. The van der Waals surface area contributed by atoms with Crippen LogP contribution in [-0.4, -0.2) is 28.8 Å². The monoisotopic (exact) mass is 214 g/mol. The quantitative estimate of drug-likeness (QED) is 0.450. The van der Waals surface area contributed by atoms with Crippen LogP contribution in [0.15, 0.2) is 0 Å². The van der Waals surface area contributed by atoms with E-state index >= 15 is 0 Å². The van der Waals surface area contributed by atoms with Crippen molar-refractivity contribution < 1.29 is 0 Å². The molecular weight excluding hydrogens is 200 g/mol. The highest BCUT2D eigenvalue weighted by atomic mass is 32.2. The molecule has 0 aliphatic heterocycles. The Morgan fingerprint density at radius 3 is 2.10 bits per heavy atom. The van der Waals surface area contributed by atoms with Gasteiger partial charge in [0.25, 0.3) is 0 Å². The molecule has 0 aromatic rings. The number of rotatable bonds is 6. The largest absolute Gasteiger partial charge is 0.179 e. The number of hydrogen-bond donors (Lipinski definition) is 3. The van der Waals surface area contributed by atoms with Crippen LogP contribution < -0.4 is 0 Å². The molecule has 0 atom stereocenters. The summed E-state index contributed by atoms with van der Waals surface area (Å²) >= 11 is 14.5. The topological polar surface area (TPSA) is 0 Å². The molecule has 0 heterocycles. The van der Waals surface area contributed by atoms with Gasteiger partial charge in [0.2, 0.25) is 0 Å². The lowest BCUT2D eigenvalue weighted by Crippen LogP contribution is -2.07. The van der Waals surface area contributed by atoms with Crippen LogP contribution in [-0.2, 0) is 0 Å². The van der Waals surface area contributed by atoms with E-state index < -0.39 is 0 Å². The van der Waals surface area contributed by atoms with Crippen molar-refractivity contribution in [3.63, 3.8) is 0 Å². The van der Waals surface area contributed by atoms with Crippen molar-refractivity contribution in [3.8, 4) is 0 Å². The molecule has 0 fully saturated rings. The second-order valence-electron chi connectivity index (χ2n) is 2.03. The fraction of sp³-hybridized carbons (Fsp3) is 1.00. The molecule has 0 aliphatic carbocycles. The molecule has 0 spiro atoms. The molecule has 0 bridgehead atoms. The number of thioether (sulfide) groups is 1. The lowest BCUT2D eigenvalue weighted by molar-refractivity contribution is 0.784. The molecule has 0 rings (SSSR count). The highest BCUT2D eigenvalue weighted by Gasteiger charge is 2.02. The van der Waals surface area contributed by atoms with Crippen molar-refractivity contribution in [1.82, 2.24) is 0 Å². The first-order chi connectivity index (χ1) is 4.85. The zero-order chi connectivity index (χ0) is 7.82. The summed E-state index contributed by atoms with van der Waals surface area (Å²) < 4.78 is 0. The predicted octanol–water partition coefficient (Wildman–Crippen LogP) is 2.13. The van der Waals surface area contributed by atoms with Crippen molar-refractivity contribution in [3.05, 3.63) is 0 Å². The first-order valence-electron chi connectivity index (χ1n) is 3.25. The first kappa shape index (κ1) is 11.4. The molecule has 0 saturated heterocycles. The highest BCUT2D eigenvalue weighted by Crippen LogP contribution is 2.11. The molecule has 10 heavy (non-hydrogen) atoms. The third-order valence-corrected chi connectivity index (χ3v) is 3.86. The Kier molecular flexibility index (Phi) is 9.69. The third kappa shape index (κ3) is 6.13. The lowest BCUT2D eigenvalue weighted by Gasteiger charge is -2.08. The standard InChI is InChI=1S/C6H14S4/c7-1-2-10-5-6(3-8)4-9/h6-9H,1-5H2. The lowest BCUT2D eigenvalue weighted by atomic mass is 10.3. The molecule has 0 saturated carbocycles. The van der Waals surface area contributed by atoms with Gasteiger partial charge in [0, 0.05) is 5.75 Å². The van der Waals surface area contributed by atoms with E-state index in [0.717, 1.165) is 23.0 Å². The maximum atomic E-state index is 4.22. The van der Waals surface area contributed by atoms with Crippen LogP contribution in [0, 0.1) is 5.92 Å². The van der Waals surface area contributed by atoms with Crippen LogP contribution in [0.3, 0.4) is 0 Å². The summed E-state index contributed by atoms with van der Waals surface area (Å²) in [4.78, 5) is 0. The Morgan fingerprint density at radius 2 is 1.70 bits per heavy atom. The Hall–Kier alpha value is 1.40. The van der Waals surface area contributed by atoms with Gasteiger partial charge < -0.3 is 0 Å². The van der Waals surface area contributed by atoms with E-state index in [4.69, 9.17) is 0 Å². The summed E-state index contributed by atoms with van der Waals surface area (Å²) in [5.74, 6) is 5.84. The summed E-state index contributed by atoms with van der Waals surface area (Å²) in [6, 6.07) is 0. The fourth-order valence-electron chi connectivity index (χ4n) is 0.478. The van der Waals surface area contributed by atoms with E-state index in [1.54, 1.807) is 0 Å². The Morgan fingerprint density at radius 1 is 1.10 bits per heavy atom. The average Bonchev–Trinajstić information content (AvgIpc) is 1.99. The molecule has 62 valence electrons. The third-order valence-electron chi connectivity index (χ3n) is 1.11. The smallest absolute Gasteiger partial charge is 0.00211 e. The molecule has 0 N–H and O–H groups in total. The Bertz CT molecular complexity index is 62.8. The second-order valence-corrected chi connectivity index (χ2v) is 4.36. The van der Waals surface area contributed by atoms with E-state index in [0.29, 0.717) is 5.92 Å². The van der Waals surface area contributed by atoms with Gasteiger partial charge in [-0.2, -0.15) is 49.6 Å². The zero-order valence-electron chi connectivity index (χ0n) is 5.86. The fourth-order valence-corrected chi connectivity index (χ4v) is 2.80. The minimum atomic E-state index is 0.663. The summed E-state index contributed by atoms with van der Waals surface area (Å²) in [5, 5.41) is 0. The van der Waals surface area contributed by atoms with Crippen molar-refractivity contribution in [1.29, 1.82) is 0 Å². The van der Waals surface area contributed by atoms with Crippen LogP contribution in [0.2, 0.25) is 0 Å². The van der Waals surface area contributed by atoms with E-state index in [2.05, 4.69) is 37.9 Å². The molecule has 0 unspecified atom stereocenters. The van der Waals surface area contributed by atoms with Gasteiger partial charge in [-0.3, -0.25) is 0 Å². The van der Waals surface area contributed by atoms with Gasteiger partial charge in [0.05, 0.1) is 0 Å². The molecule has 4 heteroatoms. The molecule has 0 nitrogen and oxygen atoms in total. The Balaban J connectivity index is 3.09.